The molecule has 1 aromatic carbocycles. The number of aliphatic hydroxyl groups is 1. The second-order valence-electron chi connectivity index (χ2n) is 10.6. The fraction of sp³-hybridized carbons (Fsp3) is 0.704. The molecule has 1 saturated heterocycles. The molecule has 0 spiro atoms. The Balaban J connectivity index is 1.71. The van der Waals surface area contributed by atoms with E-state index in [0.29, 0.717) is 44.7 Å². The highest BCUT2D eigenvalue weighted by molar-refractivity contribution is 6.30. The van der Waals surface area contributed by atoms with Gasteiger partial charge in [0.15, 0.2) is 0 Å². The van der Waals surface area contributed by atoms with Gasteiger partial charge in [0.05, 0.1) is 17.2 Å². The van der Waals surface area contributed by atoms with Crippen LogP contribution >= 0.6 is 11.6 Å². The van der Waals surface area contributed by atoms with E-state index in [1.54, 1.807) is 11.0 Å². The smallest absolute Gasteiger partial charge is 0.404 e. The number of alkyl halides is 1. The minimum atomic E-state index is -1.63. The van der Waals surface area contributed by atoms with Crippen LogP contribution in [0.2, 0.25) is 5.02 Å². The number of nitrogens with two attached hydrogens (primary N) is 1. The molecule has 2 aliphatic rings. The number of nitrogens with one attached hydrogen (secondary N) is 2. The van der Waals surface area contributed by atoms with E-state index in [-0.39, 0.29) is 48.7 Å². The molecule has 1 saturated carbocycles. The molecule has 0 radical (unpaired) electrons. The van der Waals surface area contributed by atoms with Gasteiger partial charge in [-0.15, -0.1) is 0 Å². The summed E-state index contributed by atoms with van der Waals surface area (Å²) < 4.78 is 33.5. The van der Waals surface area contributed by atoms with Crippen molar-refractivity contribution in [3.8, 4) is 0 Å². The van der Waals surface area contributed by atoms with Gasteiger partial charge in [-0.2, -0.15) is 0 Å². The van der Waals surface area contributed by atoms with Gasteiger partial charge < -0.3 is 31.1 Å². The molecule has 3 amide bonds. The van der Waals surface area contributed by atoms with Crippen molar-refractivity contribution in [3.05, 3.63) is 34.6 Å². The number of urea groups is 1. The number of halogens is 3. The summed E-state index contributed by atoms with van der Waals surface area (Å²) in [6.07, 6.45) is 3.47. The lowest BCUT2D eigenvalue weighted by Gasteiger charge is -2.43. The van der Waals surface area contributed by atoms with Crippen LogP contribution in [-0.2, 0) is 10.3 Å². The largest absolute Gasteiger partial charge is 0.450 e. The molecule has 0 unspecified atom stereocenters. The summed E-state index contributed by atoms with van der Waals surface area (Å²) in [6, 6.07) is 4.16. The predicted octanol–water partition coefficient (Wildman–Crippen LogP) is 4.47. The summed E-state index contributed by atoms with van der Waals surface area (Å²) >= 11 is 6.04. The highest BCUT2D eigenvalue weighted by atomic mass is 35.5. The number of benzene rings is 1. The lowest BCUT2D eigenvalue weighted by atomic mass is 9.74. The second kappa shape index (κ2) is 14.3. The van der Waals surface area contributed by atoms with Crippen molar-refractivity contribution in [3.63, 3.8) is 0 Å². The number of piperidine rings is 1. The Kier molecular flexibility index (Phi) is 11.4. The summed E-state index contributed by atoms with van der Waals surface area (Å²) in [4.78, 5) is 26.0. The predicted molar refractivity (Wildman–Crippen MR) is 142 cm³/mol. The minimum absolute atomic E-state index is 0.0211. The van der Waals surface area contributed by atoms with Crippen LogP contribution in [0.3, 0.4) is 0 Å². The summed E-state index contributed by atoms with van der Waals surface area (Å²) in [6.45, 7) is 1.31. The van der Waals surface area contributed by atoms with Crippen LogP contribution in [0, 0.1) is 17.7 Å². The lowest BCUT2D eigenvalue weighted by Crippen LogP contribution is -2.54. The fourth-order valence-electron chi connectivity index (χ4n) is 5.93. The number of likely N-dealkylation sites (tertiary alicyclic amines) is 1. The van der Waals surface area contributed by atoms with E-state index in [0.717, 1.165) is 19.3 Å². The van der Waals surface area contributed by atoms with E-state index in [4.69, 9.17) is 22.1 Å². The normalized spacial score (nSPS) is 24.3. The third-order valence-corrected chi connectivity index (χ3v) is 8.21. The molecule has 8 nitrogen and oxygen atoms in total. The maximum atomic E-state index is 15.1. The van der Waals surface area contributed by atoms with Crippen LogP contribution in [0.4, 0.5) is 18.4 Å². The maximum absolute atomic E-state index is 15.1. The van der Waals surface area contributed by atoms with E-state index in [1.165, 1.54) is 12.1 Å². The van der Waals surface area contributed by atoms with Gasteiger partial charge in [0.2, 0.25) is 0 Å². The Bertz CT molecular complexity index is 934. The van der Waals surface area contributed by atoms with Crippen LogP contribution in [0.5, 0.6) is 0 Å². The highest BCUT2D eigenvalue weighted by Crippen LogP contribution is 2.41. The third kappa shape index (κ3) is 8.16. The quantitative estimate of drug-likeness (QED) is 0.299. The van der Waals surface area contributed by atoms with E-state index >= 15 is 4.39 Å². The molecule has 11 heteroatoms. The molecule has 0 bridgehead atoms. The third-order valence-electron chi connectivity index (χ3n) is 7.92. The number of carbonyl (C=O) groups is 2. The summed E-state index contributed by atoms with van der Waals surface area (Å²) in [5.74, 6) is -0.800. The zero-order valence-electron chi connectivity index (χ0n) is 22.1. The lowest BCUT2D eigenvalue weighted by molar-refractivity contribution is -0.0601. The molecule has 38 heavy (non-hydrogen) atoms. The SMILES string of the molecule is CNC[C@H](CC1CCC(F)CC1)NC(=O)N1CCC[C@@H]([C@@](O)(CCCOC(N)=O)c2cccc(Cl)c2F)C1. The van der Waals surface area contributed by atoms with Crippen LogP contribution in [0.15, 0.2) is 18.2 Å². The zero-order valence-corrected chi connectivity index (χ0v) is 22.8. The number of ether oxygens (including phenoxy) is 1. The van der Waals surface area contributed by atoms with Gasteiger partial charge in [0.25, 0.3) is 0 Å². The number of nitrogens with zero attached hydrogens (tertiary/aromatic N) is 1. The number of hydrogen-bond acceptors (Lipinski definition) is 5. The first kappa shape index (κ1) is 30.4. The number of amides is 3. The minimum Gasteiger partial charge on any atom is -0.450 e. The van der Waals surface area contributed by atoms with Crippen LogP contribution in [0.1, 0.15) is 63.4 Å². The van der Waals surface area contributed by atoms with Gasteiger partial charge in [-0.3, -0.25) is 0 Å². The van der Waals surface area contributed by atoms with Crippen molar-refractivity contribution in [1.82, 2.24) is 15.5 Å². The maximum Gasteiger partial charge on any atom is 0.404 e. The molecular weight excluding hydrogens is 518 g/mol. The molecular formula is C27H41ClF2N4O4. The summed E-state index contributed by atoms with van der Waals surface area (Å²) in [5.41, 5.74) is 3.47. The monoisotopic (exact) mass is 558 g/mol. The van der Waals surface area contributed by atoms with Gasteiger partial charge in [0, 0.05) is 37.2 Å². The number of hydrogen-bond donors (Lipinski definition) is 4. The van der Waals surface area contributed by atoms with Crippen molar-refractivity contribution < 1.29 is 28.2 Å². The van der Waals surface area contributed by atoms with Crippen molar-refractivity contribution in [1.29, 1.82) is 0 Å². The van der Waals surface area contributed by atoms with E-state index in [9.17, 15) is 19.1 Å². The zero-order chi connectivity index (χ0) is 27.7. The summed E-state index contributed by atoms with van der Waals surface area (Å²) in [5, 5.41) is 18.1. The van der Waals surface area contributed by atoms with Crippen molar-refractivity contribution in [2.45, 2.75) is 75.6 Å². The Hall–Kier alpha value is -2.17. The molecule has 1 aliphatic carbocycles. The van der Waals surface area contributed by atoms with Crippen LogP contribution in [0.25, 0.3) is 0 Å². The Labute approximate surface area is 228 Å². The van der Waals surface area contributed by atoms with Crippen LogP contribution in [-0.4, -0.2) is 67.6 Å². The van der Waals surface area contributed by atoms with E-state index in [2.05, 4.69) is 10.6 Å². The summed E-state index contributed by atoms with van der Waals surface area (Å²) in [7, 11) is 1.83. The molecule has 1 aliphatic heterocycles. The van der Waals surface area contributed by atoms with Crippen molar-refractivity contribution in [2.75, 3.05) is 33.3 Å². The van der Waals surface area contributed by atoms with Crippen molar-refractivity contribution in [2.24, 2.45) is 17.6 Å². The first-order valence-corrected chi connectivity index (χ1v) is 13.9. The number of likely N-dealkylation sites (N-methyl/N-ethyl adjacent to an activating group) is 1. The average Bonchev–Trinajstić information content (AvgIpc) is 2.89. The Morgan fingerprint density at radius 2 is 2.03 bits per heavy atom. The first-order chi connectivity index (χ1) is 18.1. The average molecular weight is 559 g/mol. The van der Waals surface area contributed by atoms with Gasteiger partial charge >= 0.3 is 12.1 Å². The molecule has 3 atom stereocenters. The highest BCUT2D eigenvalue weighted by Gasteiger charge is 2.43. The number of rotatable bonds is 11. The van der Waals surface area contributed by atoms with Gasteiger partial charge in [-0.1, -0.05) is 23.7 Å². The van der Waals surface area contributed by atoms with Crippen molar-refractivity contribution >= 4 is 23.7 Å². The van der Waals surface area contributed by atoms with E-state index in [1.807, 2.05) is 7.05 Å². The first-order valence-electron chi connectivity index (χ1n) is 13.6. The molecule has 214 valence electrons. The molecule has 1 heterocycles. The molecule has 0 aromatic heterocycles. The molecule has 3 rings (SSSR count). The fourth-order valence-corrected chi connectivity index (χ4v) is 6.10. The van der Waals surface area contributed by atoms with Gasteiger partial charge in [-0.25, -0.2) is 18.4 Å². The topological polar surface area (TPSA) is 117 Å². The Morgan fingerprint density at radius 3 is 2.71 bits per heavy atom. The Morgan fingerprint density at radius 1 is 1.29 bits per heavy atom. The molecule has 2 fully saturated rings. The molecule has 1 aromatic rings. The standard InChI is InChI=1S/C27H41ClF2N4O4/c1-32-16-21(15-18-8-10-20(29)11-9-18)33-26(36)34-13-3-5-19(17-34)27(37,12-4-14-38-25(31)35)22-6-2-7-23(28)24(22)30/h2,6-7,18-21,32,37H,3-5,8-17H2,1H3,(H2,31,35)(H,33,36)/t18?,19-,20?,21+,27+/m1/s1. The molecule has 5 N–H and O–H groups in total. The number of primary amides is 1. The van der Waals surface area contributed by atoms with E-state index < -0.39 is 29.6 Å². The second-order valence-corrected chi connectivity index (χ2v) is 11.0. The number of carbonyl (C=O) groups excluding carboxylic acids is 2. The van der Waals surface area contributed by atoms with Gasteiger partial charge in [0.1, 0.15) is 12.0 Å². The van der Waals surface area contributed by atoms with Crippen LogP contribution < -0.4 is 16.4 Å². The van der Waals surface area contributed by atoms with Gasteiger partial charge in [-0.05, 0) is 76.8 Å².